The molecule has 0 amide bonds. The number of phenolic OH excluding ortho intramolecular Hbond substituents is 1. The number of nitrogen functional groups attached to an aromatic ring is 1. The Labute approximate surface area is 119 Å². The molecule has 0 bridgehead atoms. The fourth-order valence-electron chi connectivity index (χ4n) is 1.94. The molecule has 4 nitrogen and oxygen atoms in total. The third kappa shape index (κ3) is 3.82. The Hall–Kier alpha value is -2.36. The normalized spacial score (nSPS) is 10.2. The fourth-order valence-corrected chi connectivity index (χ4v) is 1.94. The summed E-state index contributed by atoms with van der Waals surface area (Å²) in [5, 5.41) is 12.6. The summed E-state index contributed by atoms with van der Waals surface area (Å²) in [6.07, 6.45) is 0.884. The van der Waals surface area contributed by atoms with E-state index in [0.29, 0.717) is 23.8 Å². The summed E-state index contributed by atoms with van der Waals surface area (Å²) >= 11 is 0. The van der Waals surface area contributed by atoms with Gasteiger partial charge in [0.1, 0.15) is 11.5 Å². The molecule has 0 atom stereocenters. The SMILES string of the molecule is CCOc1cc(NCCc2ccc(O)cc2)ccc1N. The first-order valence-corrected chi connectivity index (χ1v) is 6.73. The molecule has 2 aromatic rings. The molecule has 2 aromatic carbocycles. The van der Waals surface area contributed by atoms with E-state index >= 15 is 0 Å². The summed E-state index contributed by atoms with van der Waals surface area (Å²) in [7, 11) is 0. The lowest BCUT2D eigenvalue weighted by atomic mass is 10.1. The van der Waals surface area contributed by atoms with Crippen molar-refractivity contribution in [3.05, 3.63) is 48.0 Å². The third-order valence-electron chi connectivity index (χ3n) is 2.99. The molecule has 0 aromatic heterocycles. The predicted octanol–water partition coefficient (Wildman–Crippen LogP) is 3.03. The first-order chi connectivity index (χ1) is 9.69. The molecule has 0 spiro atoms. The van der Waals surface area contributed by atoms with Gasteiger partial charge in [-0.2, -0.15) is 0 Å². The maximum absolute atomic E-state index is 9.23. The van der Waals surface area contributed by atoms with Gasteiger partial charge < -0.3 is 20.9 Å². The highest BCUT2D eigenvalue weighted by atomic mass is 16.5. The van der Waals surface area contributed by atoms with Crippen molar-refractivity contribution >= 4 is 11.4 Å². The number of nitrogens with one attached hydrogen (secondary N) is 1. The lowest BCUT2D eigenvalue weighted by molar-refractivity contribution is 0.342. The first-order valence-electron chi connectivity index (χ1n) is 6.73. The Kier molecular flexibility index (Phi) is 4.71. The van der Waals surface area contributed by atoms with E-state index in [0.717, 1.165) is 18.7 Å². The Bertz CT molecular complexity index is 553. The van der Waals surface area contributed by atoms with E-state index in [4.69, 9.17) is 10.5 Å². The van der Waals surface area contributed by atoms with Gasteiger partial charge in [0.25, 0.3) is 0 Å². The van der Waals surface area contributed by atoms with E-state index in [-0.39, 0.29) is 0 Å². The zero-order valence-electron chi connectivity index (χ0n) is 11.6. The van der Waals surface area contributed by atoms with Gasteiger partial charge in [-0.05, 0) is 43.2 Å². The summed E-state index contributed by atoms with van der Waals surface area (Å²) in [5.41, 5.74) is 8.65. The summed E-state index contributed by atoms with van der Waals surface area (Å²) in [6, 6.07) is 12.9. The summed E-state index contributed by atoms with van der Waals surface area (Å²) in [6.45, 7) is 3.34. The Morgan fingerprint density at radius 1 is 1.15 bits per heavy atom. The fraction of sp³-hybridized carbons (Fsp3) is 0.250. The minimum absolute atomic E-state index is 0.293. The van der Waals surface area contributed by atoms with Gasteiger partial charge in [-0.3, -0.25) is 0 Å². The minimum Gasteiger partial charge on any atom is -0.508 e. The zero-order chi connectivity index (χ0) is 14.4. The Balaban J connectivity index is 1.90. The van der Waals surface area contributed by atoms with E-state index in [2.05, 4.69) is 5.32 Å². The van der Waals surface area contributed by atoms with Crippen molar-refractivity contribution < 1.29 is 9.84 Å². The van der Waals surface area contributed by atoms with Crippen LogP contribution in [0.5, 0.6) is 11.5 Å². The van der Waals surface area contributed by atoms with E-state index in [9.17, 15) is 5.11 Å². The number of rotatable bonds is 6. The van der Waals surface area contributed by atoms with Gasteiger partial charge in [-0.1, -0.05) is 12.1 Å². The lowest BCUT2D eigenvalue weighted by Gasteiger charge is -2.11. The molecule has 0 unspecified atom stereocenters. The average molecular weight is 272 g/mol. The molecular formula is C16H20N2O2. The highest BCUT2D eigenvalue weighted by molar-refractivity contribution is 5.61. The van der Waals surface area contributed by atoms with Gasteiger partial charge in [-0.15, -0.1) is 0 Å². The van der Waals surface area contributed by atoms with E-state index in [1.807, 2.05) is 37.3 Å². The zero-order valence-corrected chi connectivity index (χ0v) is 11.6. The molecular weight excluding hydrogens is 252 g/mol. The number of phenols is 1. The Morgan fingerprint density at radius 2 is 1.90 bits per heavy atom. The topological polar surface area (TPSA) is 67.5 Å². The molecule has 0 fully saturated rings. The minimum atomic E-state index is 0.293. The van der Waals surface area contributed by atoms with Crippen LogP contribution in [-0.4, -0.2) is 18.3 Å². The molecule has 0 aliphatic rings. The van der Waals surface area contributed by atoms with Gasteiger partial charge in [0, 0.05) is 18.3 Å². The highest BCUT2D eigenvalue weighted by Crippen LogP contribution is 2.25. The van der Waals surface area contributed by atoms with Crippen molar-refractivity contribution in [1.82, 2.24) is 0 Å². The first kappa shape index (κ1) is 14.1. The number of hydrogen-bond donors (Lipinski definition) is 3. The maximum Gasteiger partial charge on any atom is 0.144 e. The van der Waals surface area contributed by atoms with Crippen LogP contribution >= 0.6 is 0 Å². The van der Waals surface area contributed by atoms with Gasteiger partial charge >= 0.3 is 0 Å². The van der Waals surface area contributed by atoms with Crippen LogP contribution in [0.25, 0.3) is 0 Å². The van der Waals surface area contributed by atoms with E-state index in [1.54, 1.807) is 12.1 Å². The summed E-state index contributed by atoms with van der Waals surface area (Å²) in [4.78, 5) is 0. The number of benzene rings is 2. The van der Waals surface area contributed by atoms with E-state index in [1.165, 1.54) is 5.56 Å². The van der Waals surface area contributed by atoms with Crippen LogP contribution in [0.15, 0.2) is 42.5 Å². The van der Waals surface area contributed by atoms with Crippen molar-refractivity contribution in [2.45, 2.75) is 13.3 Å². The van der Waals surface area contributed by atoms with Gasteiger partial charge in [0.2, 0.25) is 0 Å². The number of hydrogen-bond acceptors (Lipinski definition) is 4. The van der Waals surface area contributed by atoms with Gasteiger partial charge in [0.05, 0.1) is 12.3 Å². The van der Waals surface area contributed by atoms with Crippen LogP contribution in [0, 0.1) is 0 Å². The standard InChI is InChI=1S/C16H20N2O2/c1-2-20-16-11-13(5-8-15(16)17)18-10-9-12-3-6-14(19)7-4-12/h3-8,11,18-19H,2,9-10,17H2,1H3. The van der Waals surface area contributed by atoms with Crippen LogP contribution in [0.1, 0.15) is 12.5 Å². The molecule has 0 radical (unpaired) electrons. The molecule has 106 valence electrons. The molecule has 2 rings (SSSR count). The van der Waals surface area contributed by atoms with E-state index < -0.39 is 0 Å². The van der Waals surface area contributed by atoms with Crippen LogP contribution in [0.4, 0.5) is 11.4 Å². The van der Waals surface area contributed by atoms with Crippen molar-refractivity contribution in [3.8, 4) is 11.5 Å². The molecule has 0 saturated heterocycles. The average Bonchev–Trinajstić information content (AvgIpc) is 2.45. The van der Waals surface area contributed by atoms with Crippen molar-refractivity contribution in [3.63, 3.8) is 0 Å². The number of anilines is 2. The molecule has 0 aliphatic carbocycles. The summed E-state index contributed by atoms with van der Waals surface area (Å²) in [5.74, 6) is 1.00. The lowest BCUT2D eigenvalue weighted by Crippen LogP contribution is -2.05. The van der Waals surface area contributed by atoms with Crippen molar-refractivity contribution in [2.24, 2.45) is 0 Å². The molecule has 4 N–H and O–H groups in total. The molecule has 0 aliphatic heterocycles. The Morgan fingerprint density at radius 3 is 2.60 bits per heavy atom. The van der Waals surface area contributed by atoms with Crippen LogP contribution < -0.4 is 15.8 Å². The second-order valence-corrected chi connectivity index (χ2v) is 4.53. The molecule has 0 heterocycles. The highest BCUT2D eigenvalue weighted by Gasteiger charge is 2.01. The predicted molar refractivity (Wildman–Crippen MR) is 82.3 cm³/mol. The maximum atomic E-state index is 9.23. The second kappa shape index (κ2) is 6.70. The smallest absolute Gasteiger partial charge is 0.144 e. The molecule has 20 heavy (non-hydrogen) atoms. The monoisotopic (exact) mass is 272 g/mol. The number of ether oxygens (including phenoxy) is 1. The van der Waals surface area contributed by atoms with Crippen LogP contribution in [0.3, 0.4) is 0 Å². The van der Waals surface area contributed by atoms with Crippen molar-refractivity contribution in [2.75, 3.05) is 24.2 Å². The largest absolute Gasteiger partial charge is 0.508 e. The third-order valence-corrected chi connectivity index (χ3v) is 2.99. The van der Waals surface area contributed by atoms with Crippen LogP contribution in [0.2, 0.25) is 0 Å². The van der Waals surface area contributed by atoms with Crippen LogP contribution in [-0.2, 0) is 6.42 Å². The molecule has 4 heteroatoms. The van der Waals surface area contributed by atoms with Crippen molar-refractivity contribution in [1.29, 1.82) is 0 Å². The number of aromatic hydroxyl groups is 1. The quantitative estimate of drug-likeness (QED) is 0.707. The second-order valence-electron chi connectivity index (χ2n) is 4.53. The number of nitrogens with two attached hydrogens (primary N) is 1. The van der Waals surface area contributed by atoms with Gasteiger partial charge in [-0.25, -0.2) is 0 Å². The summed E-state index contributed by atoms with van der Waals surface area (Å²) < 4.78 is 5.46. The van der Waals surface area contributed by atoms with Gasteiger partial charge in [0.15, 0.2) is 0 Å². The molecule has 0 saturated carbocycles.